The number of unbranched alkanes of at least 4 members (excludes halogenated alkanes) is 7. The number of rotatable bonds is 11. The van der Waals surface area contributed by atoms with Crippen molar-refractivity contribution in [3.63, 3.8) is 0 Å². The van der Waals surface area contributed by atoms with Gasteiger partial charge >= 0.3 is 11.9 Å². The van der Waals surface area contributed by atoms with Crippen LogP contribution in [0.4, 0.5) is 0 Å². The van der Waals surface area contributed by atoms with Gasteiger partial charge in [0, 0.05) is 12.8 Å². The van der Waals surface area contributed by atoms with E-state index in [1.54, 1.807) is 0 Å². The van der Waals surface area contributed by atoms with Crippen LogP contribution < -0.4 is 0 Å². The first-order chi connectivity index (χ1) is 9.31. The van der Waals surface area contributed by atoms with Crippen LogP contribution in [0.15, 0.2) is 0 Å². The van der Waals surface area contributed by atoms with Gasteiger partial charge in [0.25, 0.3) is 0 Å². The van der Waals surface area contributed by atoms with E-state index in [9.17, 15) is 9.59 Å². The molecule has 0 rings (SSSR count). The topological polar surface area (TPSA) is 63.6 Å². The van der Waals surface area contributed by atoms with E-state index in [2.05, 4.69) is 0 Å². The number of ether oxygens (including phenoxy) is 1. The van der Waals surface area contributed by atoms with Gasteiger partial charge in [-0.25, -0.2) is 0 Å². The van der Waals surface area contributed by atoms with Crippen molar-refractivity contribution < 1.29 is 19.4 Å². The van der Waals surface area contributed by atoms with Crippen molar-refractivity contribution in [2.24, 2.45) is 0 Å². The number of hydrogen-bond acceptors (Lipinski definition) is 3. The zero-order valence-corrected chi connectivity index (χ0v) is 13.2. The summed E-state index contributed by atoms with van der Waals surface area (Å²) in [5.74, 6) is -0.807. The van der Waals surface area contributed by atoms with Crippen molar-refractivity contribution in [1.82, 2.24) is 0 Å². The molecule has 0 radical (unpaired) electrons. The van der Waals surface area contributed by atoms with E-state index in [-0.39, 0.29) is 18.0 Å². The molecule has 0 saturated heterocycles. The third-order valence-corrected chi connectivity index (χ3v) is 2.94. The Morgan fingerprint density at radius 2 is 1.20 bits per heavy atom. The zero-order valence-electron chi connectivity index (χ0n) is 13.2. The van der Waals surface area contributed by atoms with Gasteiger partial charge in [-0.05, 0) is 33.6 Å². The molecule has 4 nitrogen and oxygen atoms in total. The Kier molecular flexibility index (Phi) is 10.1. The van der Waals surface area contributed by atoms with E-state index in [1.165, 1.54) is 6.42 Å². The molecule has 0 saturated carbocycles. The summed E-state index contributed by atoms with van der Waals surface area (Å²) in [6.45, 7) is 5.65. The van der Waals surface area contributed by atoms with Crippen molar-refractivity contribution in [1.29, 1.82) is 0 Å². The van der Waals surface area contributed by atoms with Crippen LogP contribution in [-0.2, 0) is 14.3 Å². The summed E-state index contributed by atoms with van der Waals surface area (Å²) < 4.78 is 5.24. The molecule has 0 bridgehead atoms. The number of carboxylic acid groups (broad SMARTS) is 1. The Hall–Kier alpha value is -1.06. The molecule has 20 heavy (non-hydrogen) atoms. The Balaban J connectivity index is 3.25. The first-order valence-corrected chi connectivity index (χ1v) is 7.75. The minimum Gasteiger partial charge on any atom is -0.481 e. The number of carboxylic acids is 1. The molecule has 0 aliphatic carbocycles. The lowest BCUT2D eigenvalue weighted by atomic mass is 10.1. The number of carbonyl (C=O) groups is 2. The van der Waals surface area contributed by atoms with Crippen LogP contribution in [0.3, 0.4) is 0 Å². The maximum Gasteiger partial charge on any atom is 0.306 e. The van der Waals surface area contributed by atoms with Crippen LogP contribution in [0.25, 0.3) is 0 Å². The fourth-order valence-electron chi connectivity index (χ4n) is 2.00. The van der Waals surface area contributed by atoms with Crippen LogP contribution in [0.2, 0.25) is 0 Å². The Bertz CT molecular complexity index is 279. The molecule has 0 aromatic heterocycles. The quantitative estimate of drug-likeness (QED) is 0.454. The molecule has 0 spiro atoms. The largest absolute Gasteiger partial charge is 0.481 e. The second-order valence-corrected chi connectivity index (χ2v) is 6.31. The summed E-state index contributed by atoms with van der Waals surface area (Å²) >= 11 is 0. The molecule has 0 aliphatic heterocycles. The molecular formula is C16H30O4. The van der Waals surface area contributed by atoms with Crippen molar-refractivity contribution in [3.05, 3.63) is 0 Å². The maximum atomic E-state index is 11.5. The van der Waals surface area contributed by atoms with Crippen LogP contribution in [0.1, 0.15) is 85.0 Å². The number of hydrogen-bond donors (Lipinski definition) is 1. The van der Waals surface area contributed by atoms with Crippen molar-refractivity contribution in [2.75, 3.05) is 0 Å². The van der Waals surface area contributed by atoms with E-state index >= 15 is 0 Å². The highest BCUT2D eigenvalue weighted by Gasteiger charge is 2.15. The van der Waals surface area contributed by atoms with E-state index in [0.717, 1.165) is 44.9 Å². The molecule has 0 aliphatic rings. The molecule has 0 amide bonds. The standard InChI is InChI=1S/C16H30O4/c1-16(2,3)20-15(19)13-11-9-7-5-4-6-8-10-12-14(17)18/h4-13H2,1-3H3,(H,17,18). The average molecular weight is 286 g/mol. The molecular weight excluding hydrogens is 256 g/mol. The van der Waals surface area contributed by atoms with Gasteiger partial charge in [-0.15, -0.1) is 0 Å². The minimum atomic E-state index is -0.702. The maximum absolute atomic E-state index is 11.5. The van der Waals surface area contributed by atoms with Gasteiger partial charge in [-0.2, -0.15) is 0 Å². The van der Waals surface area contributed by atoms with E-state index in [4.69, 9.17) is 9.84 Å². The van der Waals surface area contributed by atoms with Crippen LogP contribution in [0.5, 0.6) is 0 Å². The second-order valence-electron chi connectivity index (χ2n) is 6.31. The molecule has 0 aromatic rings. The summed E-state index contributed by atoms with van der Waals surface area (Å²) in [7, 11) is 0. The van der Waals surface area contributed by atoms with Crippen molar-refractivity contribution in [2.45, 2.75) is 90.6 Å². The highest BCUT2D eigenvalue weighted by molar-refractivity contribution is 5.69. The van der Waals surface area contributed by atoms with Gasteiger partial charge in [-0.3, -0.25) is 9.59 Å². The predicted octanol–water partition coefficient (Wildman–Crippen LogP) is 4.31. The van der Waals surface area contributed by atoms with E-state index in [1.807, 2.05) is 20.8 Å². The molecule has 0 heterocycles. The number of aliphatic carboxylic acids is 1. The summed E-state index contributed by atoms with van der Waals surface area (Å²) in [5.41, 5.74) is -0.382. The molecule has 0 fully saturated rings. The fraction of sp³-hybridized carbons (Fsp3) is 0.875. The highest BCUT2D eigenvalue weighted by Crippen LogP contribution is 2.13. The van der Waals surface area contributed by atoms with Gasteiger partial charge < -0.3 is 9.84 Å². The third-order valence-electron chi connectivity index (χ3n) is 2.94. The summed E-state index contributed by atoms with van der Waals surface area (Å²) in [6.07, 6.45) is 9.13. The number of esters is 1. The SMILES string of the molecule is CC(C)(C)OC(=O)CCCCCCCCCCC(=O)O. The molecule has 0 aromatic carbocycles. The van der Waals surface area contributed by atoms with Gasteiger partial charge in [0.1, 0.15) is 5.60 Å². The van der Waals surface area contributed by atoms with Crippen LogP contribution >= 0.6 is 0 Å². The predicted molar refractivity (Wildman–Crippen MR) is 79.7 cm³/mol. The number of carbonyl (C=O) groups excluding carboxylic acids is 1. The lowest BCUT2D eigenvalue weighted by Crippen LogP contribution is -2.23. The fourth-order valence-corrected chi connectivity index (χ4v) is 2.00. The first kappa shape index (κ1) is 18.9. The molecule has 0 atom stereocenters. The van der Waals surface area contributed by atoms with E-state index < -0.39 is 5.97 Å². The lowest BCUT2D eigenvalue weighted by molar-refractivity contribution is -0.155. The molecule has 0 unspecified atom stereocenters. The Morgan fingerprint density at radius 3 is 1.60 bits per heavy atom. The second kappa shape index (κ2) is 10.7. The van der Waals surface area contributed by atoms with Gasteiger partial charge in [0.2, 0.25) is 0 Å². The van der Waals surface area contributed by atoms with Crippen LogP contribution in [-0.4, -0.2) is 22.6 Å². The third kappa shape index (κ3) is 15.0. The zero-order chi connectivity index (χ0) is 15.4. The Labute approximate surface area is 122 Å². The first-order valence-electron chi connectivity index (χ1n) is 7.75. The minimum absolute atomic E-state index is 0.105. The highest BCUT2D eigenvalue weighted by atomic mass is 16.6. The van der Waals surface area contributed by atoms with Crippen molar-refractivity contribution >= 4 is 11.9 Å². The molecule has 4 heteroatoms. The van der Waals surface area contributed by atoms with Crippen LogP contribution in [0, 0.1) is 0 Å². The molecule has 118 valence electrons. The summed E-state index contributed by atoms with van der Waals surface area (Å²) in [5, 5.41) is 8.49. The van der Waals surface area contributed by atoms with E-state index in [0.29, 0.717) is 6.42 Å². The molecule has 1 N–H and O–H groups in total. The smallest absolute Gasteiger partial charge is 0.306 e. The summed E-state index contributed by atoms with van der Waals surface area (Å²) in [4.78, 5) is 21.8. The summed E-state index contributed by atoms with van der Waals surface area (Å²) in [6, 6.07) is 0. The van der Waals surface area contributed by atoms with Gasteiger partial charge in [0.15, 0.2) is 0 Å². The van der Waals surface area contributed by atoms with Gasteiger partial charge in [0.05, 0.1) is 0 Å². The lowest BCUT2D eigenvalue weighted by Gasteiger charge is -2.19. The average Bonchev–Trinajstić information content (AvgIpc) is 2.28. The van der Waals surface area contributed by atoms with Crippen molar-refractivity contribution in [3.8, 4) is 0 Å². The normalized spacial score (nSPS) is 11.3. The Morgan fingerprint density at radius 1 is 0.800 bits per heavy atom. The monoisotopic (exact) mass is 286 g/mol. The van der Waals surface area contributed by atoms with Gasteiger partial charge in [-0.1, -0.05) is 38.5 Å².